The number of thiophene rings is 1. The number of thiocarbonyl (C=S) groups is 1. The minimum atomic E-state index is -0.407. The second-order valence-corrected chi connectivity index (χ2v) is 9.04. The summed E-state index contributed by atoms with van der Waals surface area (Å²) in [5, 5.41) is 10.00. The second kappa shape index (κ2) is 8.23. The van der Waals surface area contributed by atoms with E-state index >= 15 is 0 Å². The van der Waals surface area contributed by atoms with E-state index in [1.54, 1.807) is 12.1 Å². The molecule has 0 amide bonds. The Morgan fingerprint density at radius 3 is 2.74 bits per heavy atom. The van der Waals surface area contributed by atoms with Crippen molar-refractivity contribution in [2.75, 3.05) is 11.7 Å². The number of hydrogen-bond donors (Lipinski definition) is 1. The molecule has 4 aromatic rings. The van der Waals surface area contributed by atoms with Gasteiger partial charge in [0.05, 0.1) is 22.2 Å². The fourth-order valence-corrected chi connectivity index (χ4v) is 5.11. The lowest BCUT2D eigenvalue weighted by Gasteiger charge is -2.37. The molecule has 2 aromatic carbocycles. The highest BCUT2D eigenvalue weighted by Crippen LogP contribution is 2.42. The lowest BCUT2D eigenvalue weighted by Crippen LogP contribution is -2.46. The van der Waals surface area contributed by atoms with Crippen LogP contribution in [0.3, 0.4) is 0 Å². The van der Waals surface area contributed by atoms with E-state index in [-0.39, 0.29) is 12.6 Å². The van der Waals surface area contributed by atoms with Gasteiger partial charge < -0.3 is 19.3 Å². The first-order valence-corrected chi connectivity index (χ1v) is 11.7. The average Bonchev–Trinajstić information content (AvgIpc) is 3.60. The van der Waals surface area contributed by atoms with Gasteiger partial charge in [-0.05, 0) is 60.4 Å². The summed E-state index contributed by atoms with van der Waals surface area (Å²) in [7, 11) is 0. The Kier molecular flexibility index (Phi) is 5.04. The van der Waals surface area contributed by atoms with Crippen LogP contribution >= 0.6 is 23.6 Å². The fourth-order valence-electron chi connectivity index (χ4n) is 4.10. The van der Waals surface area contributed by atoms with Crippen LogP contribution in [0.15, 0.2) is 70.2 Å². The van der Waals surface area contributed by atoms with Gasteiger partial charge >= 0.3 is 0 Å². The van der Waals surface area contributed by atoms with Crippen LogP contribution in [-0.4, -0.2) is 22.0 Å². The van der Waals surface area contributed by atoms with E-state index in [4.69, 9.17) is 26.2 Å². The van der Waals surface area contributed by atoms with Crippen LogP contribution in [0, 0.1) is 5.82 Å². The molecule has 0 spiro atoms. The number of anilines is 1. The normalized spacial score (nSPS) is 17.3. The quantitative estimate of drug-likeness (QED) is 0.373. The van der Waals surface area contributed by atoms with Gasteiger partial charge in [-0.2, -0.15) is 4.98 Å². The molecule has 34 heavy (non-hydrogen) atoms. The first-order valence-electron chi connectivity index (χ1n) is 10.4. The van der Waals surface area contributed by atoms with Gasteiger partial charge in [0.15, 0.2) is 16.6 Å². The van der Waals surface area contributed by atoms with Gasteiger partial charge in [0, 0.05) is 11.8 Å². The highest BCUT2D eigenvalue weighted by atomic mass is 32.1. The van der Waals surface area contributed by atoms with Crippen LogP contribution in [0.25, 0.3) is 16.3 Å². The fraction of sp³-hybridized carbons (Fsp3) is 0.125. The Balaban J connectivity index is 1.49. The Morgan fingerprint density at radius 2 is 1.94 bits per heavy atom. The molecule has 0 fully saturated rings. The number of benzene rings is 2. The summed E-state index contributed by atoms with van der Waals surface area (Å²) in [6.07, 6.45) is 0. The summed E-state index contributed by atoms with van der Waals surface area (Å²) in [5.41, 5.74) is 3.16. The Morgan fingerprint density at radius 1 is 1.12 bits per heavy atom. The van der Waals surface area contributed by atoms with Gasteiger partial charge in [-0.1, -0.05) is 23.4 Å². The summed E-state index contributed by atoms with van der Waals surface area (Å²) in [5.74, 6) is 1.88. The molecule has 0 aliphatic carbocycles. The van der Waals surface area contributed by atoms with Crippen LogP contribution in [0.2, 0.25) is 0 Å². The van der Waals surface area contributed by atoms with E-state index < -0.39 is 6.04 Å². The van der Waals surface area contributed by atoms with E-state index in [2.05, 4.69) is 15.5 Å². The lowest BCUT2D eigenvalue weighted by atomic mass is 9.94. The maximum Gasteiger partial charge on any atom is 0.258 e. The molecular formula is C24H17FN4O3S2. The number of halogens is 1. The number of ether oxygens (including phenoxy) is 2. The number of nitrogens with zero attached hydrogens (tertiary/aromatic N) is 3. The van der Waals surface area contributed by atoms with E-state index in [1.807, 2.05) is 47.5 Å². The zero-order valence-corrected chi connectivity index (χ0v) is 19.5. The maximum atomic E-state index is 13.7. The smallest absolute Gasteiger partial charge is 0.258 e. The zero-order chi connectivity index (χ0) is 23.2. The Bertz CT molecular complexity index is 1420. The largest absolute Gasteiger partial charge is 0.454 e. The number of hydrogen-bond acceptors (Lipinski definition) is 7. The van der Waals surface area contributed by atoms with E-state index in [9.17, 15) is 4.39 Å². The molecule has 6 rings (SSSR count). The number of rotatable bonds is 4. The Labute approximate surface area is 203 Å². The molecule has 170 valence electrons. The second-order valence-electron chi connectivity index (χ2n) is 7.71. The molecule has 0 bridgehead atoms. The van der Waals surface area contributed by atoms with Crippen molar-refractivity contribution in [1.82, 2.24) is 15.5 Å². The minimum Gasteiger partial charge on any atom is -0.454 e. The van der Waals surface area contributed by atoms with E-state index in [0.29, 0.717) is 28.3 Å². The number of allylic oxidation sites excluding steroid dienone is 1. The van der Waals surface area contributed by atoms with Crippen molar-refractivity contribution >= 4 is 39.9 Å². The summed E-state index contributed by atoms with van der Waals surface area (Å²) in [4.78, 5) is 7.47. The van der Waals surface area contributed by atoms with E-state index in [1.165, 1.54) is 23.5 Å². The monoisotopic (exact) mass is 492 g/mol. The molecule has 1 atom stereocenters. The third kappa shape index (κ3) is 3.51. The molecule has 4 heterocycles. The lowest BCUT2D eigenvalue weighted by molar-refractivity contribution is 0.174. The van der Waals surface area contributed by atoms with Gasteiger partial charge in [0.1, 0.15) is 5.82 Å². The number of fused-ring (bicyclic) bond motifs is 1. The molecule has 1 unspecified atom stereocenters. The molecular weight excluding hydrogens is 475 g/mol. The van der Waals surface area contributed by atoms with Crippen LogP contribution in [0.4, 0.5) is 10.1 Å². The minimum absolute atomic E-state index is 0.182. The predicted octanol–water partition coefficient (Wildman–Crippen LogP) is 5.53. The van der Waals surface area contributed by atoms with Gasteiger partial charge in [-0.25, -0.2) is 4.39 Å². The molecule has 1 N–H and O–H groups in total. The van der Waals surface area contributed by atoms with Crippen LogP contribution < -0.4 is 19.7 Å². The SMILES string of the molecule is CC1=C(c2nc(-c3cccs3)no2)C(c2ccc(F)cc2)NC(=S)N1c1ccc2c(c1)OCO2. The van der Waals surface area contributed by atoms with Crippen LogP contribution in [0.5, 0.6) is 11.5 Å². The molecule has 0 radical (unpaired) electrons. The van der Waals surface area contributed by atoms with Crippen molar-refractivity contribution in [2.45, 2.75) is 13.0 Å². The van der Waals surface area contributed by atoms with Crippen molar-refractivity contribution in [3.63, 3.8) is 0 Å². The predicted molar refractivity (Wildman–Crippen MR) is 130 cm³/mol. The average molecular weight is 493 g/mol. The summed E-state index contributed by atoms with van der Waals surface area (Å²) in [6.45, 7) is 2.13. The first-order chi connectivity index (χ1) is 16.6. The number of aromatic nitrogens is 2. The first kappa shape index (κ1) is 20.8. The summed E-state index contributed by atoms with van der Waals surface area (Å²) < 4.78 is 30.4. The standard InChI is InChI=1S/C24H17FN4O3S2/c1-13-20(23-27-22(28-32-23)19-3-2-10-34-19)21(14-4-6-15(25)7-5-14)26-24(33)29(13)16-8-9-17-18(11-16)31-12-30-17/h2-11,21H,12H2,1H3,(H,26,33). The Hall–Kier alpha value is -3.76. The molecule has 2 aliphatic rings. The topological polar surface area (TPSA) is 72.7 Å². The summed E-state index contributed by atoms with van der Waals surface area (Å²) >= 11 is 7.29. The zero-order valence-electron chi connectivity index (χ0n) is 17.8. The molecule has 0 saturated carbocycles. The van der Waals surface area contributed by atoms with Crippen molar-refractivity contribution in [3.05, 3.63) is 82.9 Å². The number of nitrogens with one attached hydrogen (secondary N) is 1. The third-order valence-corrected chi connectivity index (χ3v) is 6.87. The van der Waals surface area contributed by atoms with Gasteiger partial charge in [-0.15, -0.1) is 11.3 Å². The summed E-state index contributed by atoms with van der Waals surface area (Å²) in [6, 6.07) is 15.4. The highest BCUT2D eigenvalue weighted by molar-refractivity contribution is 7.80. The molecule has 7 nitrogen and oxygen atoms in total. The van der Waals surface area contributed by atoms with Crippen molar-refractivity contribution in [3.8, 4) is 22.2 Å². The molecule has 10 heteroatoms. The molecule has 0 saturated heterocycles. The highest BCUT2D eigenvalue weighted by Gasteiger charge is 2.35. The van der Waals surface area contributed by atoms with Gasteiger partial charge in [0.2, 0.25) is 12.6 Å². The maximum absolute atomic E-state index is 13.7. The van der Waals surface area contributed by atoms with Crippen molar-refractivity contribution < 1.29 is 18.4 Å². The molecule has 2 aliphatic heterocycles. The van der Waals surface area contributed by atoms with Crippen LogP contribution in [-0.2, 0) is 0 Å². The van der Waals surface area contributed by atoms with Gasteiger partial charge in [0.25, 0.3) is 5.89 Å². The third-order valence-electron chi connectivity index (χ3n) is 5.70. The van der Waals surface area contributed by atoms with Crippen LogP contribution in [0.1, 0.15) is 24.4 Å². The van der Waals surface area contributed by atoms with Gasteiger partial charge in [-0.3, -0.25) is 4.90 Å². The van der Waals surface area contributed by atoms with Crippen molar-refractivity contribution in [2.24, 2.45) is 0 Å². The molecule has 2 aromatic heterocycles. The van der Waals surface area contributed by atoms with Crippen molar-refractivity contribution in [1.29, 1.82) is 0 Å². The van der Waals surface area contributed by atoms with E-state index in [0.717, 1.165) is 27.4 Å².